The third-order valence-corrected chi connectivity index (χ3v) is 2.81. The lowest BCUT2D eigenvalue weighted by atomic mass is 10.1. The molecule has 0 aromatic heterocycles. The fraction of sp³-hybridized carbons (Fsp3) is 0.385. The number of halogens is 3. The van der Waals surface area contributed by atoms with Crippen LogP contribution in [0.4, 0.5) is 13.2 Å². The van der Waals surface area contributed by atoms with Crippen molar-refractivity contribution in [2.75, 3.05) is 13.1 Å². The standard InChI is InChI=1S/C13H14F3NO3/c1-3-17(6-7(2)13(19)20)12(18)11-9(15)4-8(14)5-10(11)16/h4-5,7H,3,6H2,1-2H3,(H,19,20). The number of carboxylic acid groups (broad SMARTS) is 1. The molecule has 7 heteroatoms. The minimum Gasteiger partial charge on any atom is -0.481 e. The van der Waals surface area contributed by atoms with Crippen LogP contribution >= 0.6 is 0 Å². The van der Waals surface area contributed by atoms with Crippen LogP contribution in [0.15, 0.2) is 12.1 Å². The summed E-state index contributed by atoms with van der Waals surface area (Å²) in [6.07, 6.45) is 0. The molecular formula is C13H14F3NO3. The highest BCUT2D eigenvalue weighted by Gasteiger charge is 2.26. The van der Waals surface area contributed by atoms with Crippen LogP contribution < -0.4 is 0 Å². The Balaban J connectivity index is 3.06. The largest absolute Gasteiger partial charge is 0.481 e. The summed E-state index contributed by atoms with van der Waals surface area (Å²) in [4.78, 5) is 23.8. The number of carbonyl (C=O) groups is 2. The van der Waals surface area contributed by atoms with Gasteiger partial charge in [0.2, 0.25) is 0 Å². The van der Waals surface area contributed by atoms with Gasteiger partial charge < -0.3 is 10.0 Å². The molecule has 110 valence electrons. The zero-order chi connectivity index (χ0) is 15.4. The molecule has 0 fully saturated rings. The number of amides is 1. The molecule has 1 unspecified atom stereocenters. The van der Waals surface area contributed by atoms with E-state index in [0.717, 1.165) is 4.90 Å². The Morgan fingerprint density at radius 3 is 2.15 bits per heavy atom. The van der Waals surface area contributed by atoms with Crippen molar-refractivity contribution < 1.29 is 27.9 Å². The molecule has 0 radical (unpaired) electrons. The molecule has 1 amide bonds. The summed E-state index contributed by atoms with van der Waals surface area (Å²) in [5.41, 5.74) is -0.883. The van der Waals surface area contributed by atoms with Crippen LogP contribution in [-0.2, 0) is 4.79 Å². The minimum atomic E-state index is -1.31. The minimum absolute atomic E-state index is 0.0761. The fourth-order valence-electron chi connectivity index (χ4n) is 1.67. The third-order valence-electron chi connectivity index (χ3n) is 2.81. The molecule has 0 spiro atoms. The predicted octanol–water partition coefficient (Wildman–Crippen LogP) is 2.29. The SMILES string of the molecule is CCN(CC(C)C(=O)O)C(=O)c1c(F)cc(F)cc1F. The van der Waals surface area contributed by atoms with E-state index >= 15 is 0 Å². The van der Waals surface area contributed by atoms with E-state index in [0.29, 0.717) is 12.1 Å². The number of nitrogens with zero attached hydrogens (tertiary/aromatic N) is 1. The monoisotopic (exact) mass is 289 g/mol. The van der Waals surface area contributed by atoms with Crippen molar-refractivity contribution in [2.45, 2.75) is 13.8 Å². The molecular weight excluding hydrogens is 275 g/mol. The van der Waals surface area contributed by atoms with E-state index in [1.807, 2.05) is 0 Å². The van der Waals surface area contributed by atoms with Crippen LogP contribution in [0, 0.1) is 23.4 Å². The van der Waals surface area contributed by atoms with Gasteiger partial charge in [-0.05, 0) is 6.92 Å². The molecule has 0 aliphatic rings. The van der Waals surface area contributed by atoms with E-state index in [-0.39, 0.29) is 13.1 Å². The maximum atomic E-state index is 13.5. The van der Waals surface area contributed by atoms with E-state index in [1.54, 1.807) is 6.92 Å². The molecule has 20 heavy (non-hydrogen) atoms. The first-order valence-corrected chi connectivity index (χ1v) is 5.94. The number of hydrogen-bond donors (Lipinski definition) is 1. The average Bonchev–Trinajstić information content (AvgIpc) is 2.33. The number of benzene rings is 1. The Morgan fingerprint density at radius 2 is 1.75 bits per heavy atom. The van der Waals surface area contributed by atoms with E-state index in [9.17, 15) is 22.8 Å². The number of aliphatic carboxylic acids is 1. The smallest absolute Gasteiger partial charge is 0.308 e. The van der Waals surface area contributed by atoms with Gasteiger partial charge in [0.1, 0.15) is 23.0 Å². The van der Waals surface area contributed by atoms with Gasteiger partial charge in [-0.1, -0.05) is 6.92 Å². The summed E-state index contributed by atoms with van der Waals surface area (Å²) in [7, 11) is 0. The molecule has 1 aromatic rings. The van der Waals surface area contributed by atoms with Gasteiger partial charge in [0, 0.05) is 25.2 Å². The highest BCUT2D eigenvalue weighted by atomic mass is 19.1. The van der Waals surface area contributed by atoms with E-state index in [4.69, 9.17) is 5.11 Å². The van der Waals surface area contributed by atoms with Crippen molar-refractivity contribution >= 4 is 11.9 Å². The highest BCUT2D eigenvalue weighted by molar-refractivity contribution is 5.95. The molecule has 1 atom stereocenters. The predicted molar refractivity (Wildman–Crippen MR) is 64.7 cm³/mol. The van der Waals surface area contributed by atoms with Crippen molar-refractivity contribution in [2.24, 2.45) is 5.92 Å². The molecule has 0 aliphatic heterocycles. The van der Waals surface area contributed by atoms with E-state index in [1.165, 1.54) is 6.92 Å². The molecule has 1 N–H and O–H groups in total. The van der Waals surface area contributed by atoms with Crippen molar-refractivity contribution in [3.05, 3.63) is 35.1 Å². The van der Waals surface area contributed by atoms with Crippen LogP contribution in [0.25, 0.3) is 0 Å². The van der Waals surface area contributed by atoms with Gasteiger partial charge in [-0.25, -0.2) is 13.2 Å². The summed E-state index contributed by atoms with van der Waals surface area (Å²) in [6, 6.07) is 0.815. The number of carboxylic acids is 1. The first-order valence-electron chi connectivity index (χ1n) is 5.94. The summed E-state index contributed by atoms with van der Waals surface area (Å²) >= 11 is 0. The van der Waals surface area contributed by atoms with E-state index in [2.05, 4.69) is 0 Å². The Bertz CT molecular complexity index is 511. The number of carbonyl (C=O) groups excluding carboxylic acids is 1. The van der Waals surface area contributed by atoms with Gasteiger partial charge in [-0.15, -0.1) is 0 Å². The second-order valence-electron chi connectivity index (χ2n) is 4.33. The molecule has 0 heterocycles. The Morgan fingerprint density at radius 1 is 1.25 bits per heavy atom. The van der Waals surface area contributed by atoms with Gasteiger partial charge in [0.15, 0.2) is 0 Å². The zero-order valence-electron chi connectivity index (χ0n) is 11.0. The first kappa shape index (κ1) is 16.0. The Hall–Kier alpha value is -2.05. The number of hydrogen-bond acceptors (Lipinski definition) is 2. The second kappa shape index (κ2) is 6.40. The van der Waals surface area contributed by atoms with Crippen molar-refractivity contribution in [1.82, 2.24) is 4.90 Å². The average molecular weight is 289 g/mol. The summed E-state index contributed by atoms with van der Waals surface area (Å²) in [6.45, 7) is 2.80. The quantitative estimate of drug-likeness (QED) is 0.904. The van der Waals surface area contributed by atoms with Gasteiger partial charge >= 0.3 is 5.97 Å². The third kappa shape index (κ3) is 3.49. The zero-order valence-corrected chi connectivity index (χ0v) is 11.0. The molecule has 0 aliphatic carbocycles. The van der Waals surface area contributed by atoms with Gasteiger partial charge in [0.25, 0.3) is 5.91 Å². The van der Waals surface area contributed by atoms with E-state index < -0.39 is 40.8 Å². The van der Waals surface area contributed by atoms with Crippen molar-refractivity contribution in [3.8, 4) is 0 Å². The van der Waals surface area contributed by atoms with Crippen molar-refractivity contribution in [1.29, 1.82) is 0 Å². The van der Waals surface area contributed by atoms with Gasteiger partial charge in [-0.2, -0.15) is 0 Å². The first-order chi connectivity index (χ1) is 9.27. The van der Waals surface area contributed by atoms with Crippen LogP contribution in [0.1, 0.15) is 24.2 Å². The molecule has 0 bridgehead atoms. The van der Waals surface area contributed by atoms with Crippen LogP contribution in [0.2, 0.25) is 0 Å². The topological polar surface area (TPSA) is 57.6 Å². The molecule has 4 nitrogen and oxygen atoms in total. The molecule has 0 saturated carbocycles. The van der Waals surface area contributed by atoms with Crippen LogP contribution in [-0.4, -0.2) is 35.0 Å². The Labute approximate surface area is 113 Å². The number of rotatable bonds is 5. The summed E-state index contributed by atoms with van der Waals surface area (Å²) in [5.74, 6) is -6.77. The van der Waals surface area contributed by atoms with Crippen molar-refractivity contribution in [3.63, 3.8) is 0 Å². The Kier molecular flexibility index (Phi) is 5.12. The summed E-state index contributed by atoms with van der Waals surface area (Å²) < 4.78 is 39.8. The lowest BCUT2D eigenvalue weighted by Gasteiger charge is -2.23. The van der Waals surface area contributed by atoms with Gasteiger partial charge in [-0.3, -0.25) is 9.59 Å². The maximum absolute atomic E-state index is 13.5. The lowest BCUT2D eigenvalue weighted by Crippen LogP contribution is -2.37. The fourth-order valence-corrected chi connectivity index (χ4v) is 1.67. The molecule has 0 saturated heterocycles. The lowest BCUT2D eigenvalue weighted by molar-refractivity contribution is -0.141. The van der Waals surface area contributed by atoms with Gasteiger partial charge in [0.05, 0.1) is 5.92 Å². The summed E-state index contributed by atoms with van der Waals surface area (Å²) in [5, 5.41) is 8.79. The second-order valence-corrected chi connectivity index (χ2v) is 4.33. The highest BCUT2D eigenvalue weighted by Crippen LogP contribution is 2.17. The maximum Gasteiger partial charge on any atom is 0.308 e. The molecule has 1 rings (SSSR count). The molecule has 1 aromatic carbocycles. The van der Waals surface area contributed by atoms with Crippen LogP contribution in [0.5, 0.6) is 0 Å². The van der Waals surface area contributed by atoms with Crippen LogP contribution in [0.3, 0.4) is 0 Å². The normalized spacial score (nSPS) is 12.1.